The average molecular weight is 248 g/mol. The Kier molecular flexibility index (Phi) is 4.86. The number of nitrogens with zero attached hydrogens (tertiary/aromatic N) is 3. The lowest BCUT2D eigenvalue weighted by Crippen LogP contribution is -2.12. The molecule has 0 aliphatic carbocycles. The molecule has 18 heavy (non-hydrogen) atoms. The molecule has 0 aliphatic rings. The molecule has 1 N–H and O–H groups in total. The first-order chi connectivity index (χ1) is 8.63. The van der Waals surface area contributed by atoms with Crippen LogP contribution in [0.3, 0.4) is 0 Å². The van der Waals surface area contributed by atoms with Gasteiger partial charge < -0.3 is 10.1 Å². The molecule has 1 aromatic heterocycles. The number of ether oxygens (including phenoxy) is 1. The van der Waals surface area contributed by atoms with Gasteiger partial charge in [0.15, 0.2) is 5.82 Å². The van der Waals surface area contributed by atoms with Crippen molar-refractivity contribution in [3.05, 3.63) is 42.3 Å². The molecule has 1 rings (SSSR count). The summed E-state index contributed by atoms with van der Waals surface area (Å²) in [5, 5.41) is 6.45. The molecule has 96 valence electrons. The summed E-state index contributed by atoms with van der Waals surface area (Å²) in [6.07, 6.45) is 5.63. The monoisotopic (exact) mass is 248 g/mol. The Morgan fingerprint density at radius 2 is 2.33 bits per heavy atom. The van der Waals surface area contributed by atoms with Crippen molar-refractivity contribution in [2.45, 2.75) is 6.92 Å². The number of aryl methyl sites for hydroxylation is 1. The van der Waals surface area contributed by atoms with Crippen LogP contribution in [0, 0.1) is 0 Å². The van der Waals surface area contributed by atoms with Crippen LogP contribution in [0.2, 0.25) is 0 Å². The first-order valence-electron chi connectivity index (χ1n) is 5.29. The molecular weight excluding hydrogens is 232 g/mol. The normalized spacial score (nSPS) is 12.2. The standard InChI is InChI=1S/C12H16N4O2/c1-5-10(12-13-7-15-16(12)3)6-11(18-4)9(2)14-8-17/h5-8H,2H2,1,3-4H3,(H,14,17)/b10-5+,11-6+. The van der Waals surface area contributed by atoms with E-state index in [-0.39, 0.29) is 0 Å². The van der Waals surface area contributed by atoms with Gasteiger partial charge in [0.2, 0.25) is 6.41 Å². The Morgan fingerprint density at radius 1 is 1.61 bits per heavy atom. The molecule has 0 saturated heterocycles. The molecule has 1 heterocycles. The van der Waals surface area contributed by atoms with Crippen LogP contribution in [-0.4, -0.2) is 28.3 Å². The first kappa shape index (κ1) is 13.7. The van der Waals surface area contributed by atoms with Gasteiger partial charge in [-0.3, -0.25) is 4.79 Å². The zero-order valence-electron chi connectivity index (χ0n) is 10.7. The van der Waals surface area contributed by atoms with Gasteiger partial charge in [0.05, 0.1) is 12.8 Å². The van der Waals surface area contributed by atoms with Crippen molar-refractivity contribution in [2.24, 2.45) is 7.05 Å². The Labute approximate surface area is 106 Å². The molecule has 0 unspecified atom stereocenters. The van der Waals surface area contributed by atoms with Crippen molar-refractivity contribution in [1.82, 2.24) is 20.1 Å². The lowest BCUT2D eigenvalue weighted by atomic mass is 10.2. The maximum absolute atomic E-state index is 10.4. The van der Waals surface area contributed by atoms with E-state index in [1.165, 1.54) is 13.4 Å². The minimum atomic E-state index is 0.383. The average Bonchev–Trinajstić information content (AvgIpc) is 2.77. The van der Waals surface area contributed by atoms with Crippen molar-refractivity contribution in [3.63, 3.8) is 0 Å². The number of amides is 1. The third kappa shape index (κ3) is 3.07. The maximum atomic E-state index is 10.4. The summed E-state index contributed by atoms with van der Waals surface area (Å²) in [7, 11) is 3.30. The fourth-order valence-electron chi connectivity index (χ4n) is 1.39. The van der Waals surface area contributed by atoms with Gasteiger partial charge in [0.25, 0.3) is 0 Å². The number of aromatic nitrogens is 3. The number of nitrogens with one attached hydrogen (secondary N) is 1. The highest BCUT2D eigenvalue weighted by atomic mass is 16.5. The van der Waals surface area contributed by atoms with E-state index in [0.717, 1.165) is 5.57 Å². The van der Waals surface area contributed by atoms with Crippen LogP contribution in [0.4, 0.5) is 0 Å². The topological polar surface area (TPSA) is 69.0 Å². The SMILES string of the molecule is C=C(NC=O)/C(=C\C(=C/C)c1ncnn1C)OC. The minimum absolute atomic E-state index is 0.383. The summed E-state index contributed by atoms with van der Waals surface area (Å²) >= 11 is 0. The number of allylic oxidation sites excluding steroid dienone is 3. The molecule has 0 saturated carbocycles. The highest BCUT2D eigenvalue weighted by Crippen LogP contribution is 2.17. The largest absolute Gasteiger partial charge is 0.495 e. The summed E-state index contributed by atoms with van der Waals surface area (Å²) in [6, 6.07) is 0. The van der Waals surface area contributed by atoms with Crippen molar-refractivity contribution < 1.29 is 9.53 Å². The number of carbonyl (C=O) groups excluding carboxylic acids is 1. The van der Waals surface area contributed by atoms with E-state index in [2.05, 4.69) is 22.0 Å². The van der Waals surface area contributed by atoms with Gasteiger partial charge in [-0.1, -0.05) is 12.7 Å². The van der Waals surface area contributed by atoms with Crippen LogP contribution >= 0.6 is 0 Å². The predicted molar refractivity (Wildman–Crippen MR) is 68.1 cm³/mol. The number of rotatable bonds is 6. The van der Waals surface area contributed by atoms with Crippen LogP contribution in [0.25, 0.3) is 5.57 Å². The molecule has 0 aliphatic heterocycles. The van der Waals surface area contributed by atoms with E-state index in [1.54, 1.807) is 17.8 Å². The van der Waals surface area contributed by atoms with E-state index < -0.39 is 0 Å². The van der Waals surface area contributed by atoms with Gasteiger partial charge >= 0.3 is 0 Å². The van der Waals surface area contributed by atoms with Gasteiger partial charge in [0.1, 0.15) is 12.1 Å². The molecule has 0 radical (unpaired) electrons. The van der Waals surface area contributed by atoms with E-state index >= 15 is 0 Å². The molecule has 0 aromatic carbocycles. The molecule has 0 atom stereocenters. The third-order valence-electron chi connectivity index (χ3n) is 2.32. The van der Waals surface area contributed by atoms with Crippen LogP contribution in [0.5, 0.6) is 0 Å². The summed E-state index contributed by atoms with van der Waals surface area (Å²) in [4.78, 5) is 14.5. The molecule has 6 heteroatoms. The minimum Gasteiger partial charge on any atom is -0.495 e. The second-order valence-electron chi connectivity index (χ2n) is 3.40. The summed E-state index contributed by atoms with van der Waals surface area (Å²) < 4.78 is 6.82. The smallest absolute Gasteiger partial charge is 0.211 e. The highest BCUT2D eigenvalue weighted by Gasteiger charge is 2.08. The van der Waals surface area contributed by atoms with E-state index in [1.807, 2.05) is 13.0 Å². The second kappa shape index (κ2) is 6.39. The Bertz CT molecular complexity index is 500. The number of methoxy groups -OCH3 is 1. The van der Waals surface area contributed by atoms with Crippen LogP contribution in [-0.2, 0) is 16.6 Å². The van der Waals surface area contributed by atoms with E-state index in [9.17, 15) is 4.79 Å². The van der Waals surface area contributed by atoms with Gasteiger partial charge in [-0.15, -0.1) is 0 Å². The Balaban J connectivity index is 3.07. The van der Waals surface area contributed by atoms with Gasteiger partial charge in [-0.25, -0.2) is 9.67 Å². The summed E-state index contributed by atoms with van der Waals surface area (Å²) in [5.41, 5.74) is 1.20. The Hall–Kier alpha value is -2.37. The zero-order chi connectivity index (χ0) is 13.5. The van der Waals surface area contributed by atoms with Crippen molar-refractivity contribution in [2.75, 3.05) is 7.11 Å². The quantitative estimate of drug-likeness (QED) is 0.463. The van der Waals surface area contributed by atoms with Crippen LogP contribution in [0.1, 0.15) is 12.7 Å². The summed E-state index contributed by atoms with van der Waals surface area (Å²) in [6.45, 7) is 5.58. The van der Waals surface area contributed by atoms with Crippen LogP contribution < -0.4 is 5.32 Å². The number of hydrogen-bond donors (Lipinski definition) is 1. The molecule has 0 fully saturated rings. The van der Waals surface area contributed by atoms with E-state index in [4.69, 9.17) is 4.74 Å². The fourth-order valence-corrected chi connectivity index (χ4v) is 1.39. The third-order valence-corrected chi connectivity index (χ3v) is 2.32. The van der Waals surface area contributed by atoms with Crippen molar-refractivity contribution in [3.8, 4) is 0 Å². The lowest BCUT2D eigenvalue weighted by Gasteiger charge is -2.09. The molecule has 0 spiro atoms. The highest BCUT2D eigenvalue weighted by molar-refractivity contribution is 5.71. The zero-order valence-corrected chi connectivity index (χ0v) is 10.7. The molecule has 6 nitrogen and oxygen atoms in total. The Morgan fingerprint density at radius 3 is 2.78 bits per heavy atom. The first-order valence-corrected chi connectivity index (χ1v) is 5.29. The van der Waals surface area contributed by atoms with Crippen molar-refractivity contribution >= 4 is 12.0 Å². The molecule has 1 amide bonds. The fraction of sp³-hybridized carbons (Fsp3) is 0.250. The maximum Gasteiger partial charge on any atom is 0.211 e. The predicted octanol–water partition coefficient (Wildman–Crippen LogP) is 1.01. The van der Waals surface area contributed by atoms with Gasteiger partial charge in [-0.2, -0.15) is 5.10 Å². The van der Waals surface area contributed by atoms with Gasteiger partial charge in [-0.05, 0) is 13.0 Å². The van der Waals surface area contributed by atoms with E-state index in [0.29, 0.717) is 23.7 Å². The van der Waals surface area contributed by atoms with Gasteiger partial charge in [0, 0.05) is 12.6 Å². The number of hydrogen-bond acceptors (Lipinski definition) is 4. The second-order valence-corrected chi connectivity index (χ2v) is 3.40. The molecule has 1 aromatic rings. The lowest BCUT2D eigenvalue weighted by molar-refractivity contribution is -0.108. The summed E-state index contributed by atoms with van der Waals surface area (Å²) in [5.74, 6) is 1.16. The molecule has 0 bridgehead atoms. The molecular formula is C12H16N4O2. The number of carbonyl (C=O) groups is 1. The van der Waals surface area contributed by atoms with Crippen LogP contribution in [0.15, 0.2) is 36.5 Å². The van der Waals surface area contributed by atoms with Crippen molar-refractivity contribution in [1.29, 1.82) is 0 Å².